The van der Waals surface area contributed by atoms with Gasteiger partial charge in [-0.3, -0.25) is 9.69 Å². The van der Waals surface area contributed by atoms with Crippen molar-refractivity contribution in [2.45, 2.75) is 19.3 Å². The first kappa shape index (κ1) is 15.1. The van der Waals surface area contributed by atoms with Crippen LogP contribution in [-0.4, -0.2) is 42.2 Å². The van der Waals surface area contributed by atoms with Crippen LogP contribution in [0.2, 0.25) is 5.02 Å². The van der Waals surface area contributed by atoms with E-state index in [1.807, 2.05) is 18.2 Å². The molecule has 5 heteroatoms. The molecule has 0 bridgehead atoms. The lowest BCUT2D eigenvalue weighted by Crippen LogP contribution is -2.37. The Balaban J connectivity index is 1.65. The van der Waals surface area contributed by atoms with E-state index in [-0.39, 0.29) is 0 Å². The molecule has 0 amide bonds. The van der Waals surface area contributed by atoms with Crippen molar-refractivity contribution >= 4 is 17.6 Å². The second-order valence-corrected chi connectivity index (χ2v) is 5.63. The van der Waals surface area contributed by atoms with Crippen molar-refractivity contribution in [2.75, 3.05) is 26.2 Å². The third-order valence-electron chi connectivity index (χ3n) is 3.64. The molecule has 1 aliphatic rings. The zero-order chi connectivity index (χ0) is 14.4. The first-order valence-corrected chi connectivity index (χ1v) is 7.34. The number of ether oxygens (including phenoxy) is 1. The molecule has 0 spiro atoms. The highest BCUT2D eigenvalue weighted by Crippen LogP contribution is 2.20. The molecular formula is C15H20ClNO3. The molecule has 1 aromatic rings. The van der Waals surface area contributed by atoms with Crippen LogP contribution < -0.4 is 4.74 Å². The van der Waals surface area contributed by atoms with Crippen molar-refractivity contribution in [2.24, 2.45) is 5.92 Å². The minimum atomic E-state index is -0.687. The third-order valence-corrected chi connectivity index (χ3v) is 3.88. The van der Waals surface area contributed by atoms with Gasteiger partial charge in [-0.05, 0) is 50.0 Å². The van der Waals surface area contributed by atoms with Gasteiger partial charge in [-0.15, -0.1) is 0 Å². The standard InChI is InChI=1S/C15H20ClNO3/c16-13-2-1-3-14(11-13)20-9-8-17-6-4-12(5-7-17)10-15(18)19/h1-3,11-12H,4-10H2,(H,18,19). The third kappa shape index (κ3) is 5.02. The minimum absolute atomic E-state index is 0.298. The molecule has 110 valence electrons. The summed E-state index contributed by atoms with van der Waals surface area (Å²) in [4.78, 5) is 13.0. The van der Waals surface area contributed by atoms with Gasteiger partial charge in [-0.25, -0.2) is 0 Å². The Hall–Kier alpha value is -1.26. The van der Waals surface area contributed by atoms with Gasteiger partial charge in [0.15, 0.2) is 0 Å². The Kier molecular flexibility index (Phi) is 5.68. The van der Waals surface area contributed by atoms with Crippen LogP contribution in [0.25, 0.3) is 0 Å². The van der Waals surface area contributed by atoms with Crippen LogP contribution in [0.5, 0.6) is 5.75 Å². The van der Waals surface area contributed by atoms with Crippen molar-refractivity contribution in [3.8, 4) is 5.75 Å². The zero-order valence-corrected chi connectivity index (χ0v) is 12.2. The van der Waals surface area contributed by atoms with Crippen molar-refractivity contribution in [1.29, 1.82) is 0 Å². The number of aliphatic carboxylic acids is 1. The summed E-state index contributed by atoms with van der Waals surface area (Å²) in [6.07, 6.45) is 2.22. The van der Waals surface area contributed by atoms with E-state index in [0.717, 1.165) is 38.2 Å². The number of carboxylic acid groups (broad SMARTS) is 1. The molecule has 0 unspecified atom stereocenters. The van der Waals surface area contributed by atoms with Crippen LogP contribution in [-0.2, 0) is 4.79 Å². The monoisotopic (exact) mass is 297 g/mol. The maximum atomic E-state index is 10.7. The van der Waals surface area contributed by atoms with Crippen LogP contribution >= 0.6 is 11.6 Å². The van der Waals surface area contributed by atoms with Gasteiger partial charge in [-0.2, -0.15) is 0 Å². The Bertz CT molecular complexity index is 444. The number of hydrogen-bond donors (Lipinski definition) is 1. The minimum Gasteiger partial charge on any atom is -0.492 e. The summed E-state index contributed by atoms with van der Waals surface area (Å²) in [5.74, 6) is 0.434. The topological polar surface area (TPSA) is 49.8 Å². The van der Waals surface area contributed by atoms with Crippen LogP contribution in [0, 0.1) is 5.92 Å². The molecule has 0 aromatic heterocycles. The van der Waals surface area contributed by atoms with Crippen molar-refractivity contribution in [3.05, 3.63) is 29.3 Å². The zero-order valence-electron chi connectivity index (χ0n) is 11.4. The molecule has 1 fully saturated rings. The van der Waals surface area contributed by atoms with E-state index < -0.39 is 5.97 Å². The normalized spacial score (nSPS) is 17.1. The van der Waals surface area contributed by atoms with E-state index in [1.165, 1.54) is 0 Å². The van der Waals surface area contributed by atoms with Crippen molar-refractivity contribution in [1.82, 2.24) is 4.90 Å². The first-order valence-electron chi connectivity index (χ1n) is 6.96. The number of carbonyl (C=O) groups is 1. The van der Waals surface area contributed by atoms with Gasteiger partial charge in [0.25, 0.3) is 0 Å². The molecule has 1 aliphatic heterocycles. The number of likely N-dealkylation sites (tertiary alicyclic amines) is 1. The largest absolute Gasteiger partial charge is 0.492 e. The molecule has 4 nitrogen and oxygen atoms in total. The smallest absolute Gasteiger partial charge is 0.303 e. The van der Waals surface area contributed by atoms with Crippen LogP contribution in [0.15, 0.2) is 24.3 Å². The Labute approximate surface area is 124 Å². The average molecular weight is 298 g/mol. The molecule has 2 rings (SSSR count). The number of benzene rings is 1. The Morgan fingerprint density at radius 2 is 2.15 bits per heavy atom. The Morgan fingerprint density at radius 3 is 2.80 bits per heavy atom. The van der Waals surface area contributed by atoms with Gasteiger partial charge in [0.1, 0.15) is 12.4 Å². The fraction of sp³-hybridized carbons (Fsp3) is 0.533. The predicted molar refractivity (Wildman–Crippen MR) is 78.4 cm³/mol. The lowest BCUT2D eigenvalue weighted by atomic mass is 9.94. The fourth-order valence-electron chi connectivity index (χ4n) is 2.51. The molecule has 20 heavy (non-hydrogen) atoms. The van der Waals surface area contributed by atoms with Crippen molar-refractivity contribution < 1.29 is 14.6 Å². The van der Waals surface area contributed by atoms with Crippen LogP contribution in [0.1, 0.15) is 19.3 Å². The van der Waals surface area contributed by atoms with E-state index in [1.54, 1.807) is 6.07 Å². The predicted octanol–water partition coefficient (Wildman–Crippen LogP) is 2.91. The lowest BCUT2D eigenvalue weighted by Gasteiger charge is -2.31. The SMILES string of the molecule is O=C(O)CC1CCN(CCOc2cccc(Cl)c2)CC1. The number of hydrogen-bond acceptors (Lipinski definition) is 3. The van der Waals surface area contributed by atoms with E-state index in [4.69, 9.17) is 21.4 Å². The summed E-state index contributed by atoms with van der Waals surface area (Å²) in [5, 5.41) is 9.45. The van der Waals surface area contributed by atoms with Crippen molar-refractivity contribution in [3.63, 3.8) is 0 Å². The molecular weight excluding hydrogens is 278 g/mol. The fourth-order valence-corrected chi connectivity index (χ4v) is 2.69. The van der Waals surface area contributed by atoms with Crippen LogP contribution in [0.3, 0.4) is 0 Å². The summed E-state index contributed by atoms with van der Waals surface area (Å²) < 4.78 is 5.66. The van der Waals surface area contributed by atoms with E-state index in [0.29, 0.717) is 24.0 Å². The summed E-state index contributed by atoms with van der Waals surface area (Å²) >= 11 is 5.89. The van der Waals surface area contributed by atoms with Gasteiger partial charge in [0.2, 0.25) is 0 Å². The highest BCUT2D eigenvalue weighted by Gasteiger charge is 2.20. The van der Waals surface area contributed by atoms with Gasteiger partial charge in [0.05, 0.1) is 0 Å². The van der Waals surface area contributed by atoms with Gasteiger partial charge in [-0.1, -0.05) is 17.7 Å². The maximum absolute atomic E-state index is 10.7. The summed E-state index contributed by atoms with van der Waals surface area (Å²) in [7, 11) is 0. The van der Waals surface area contributed by atoms with Gasteiger partial charge < -0.3 is 9.84 Å². The molecule has 0 radical (unpaired) electrons. The number of carboxylic acids is 1. The molecule has 0 atom stereocenters. The summed E-state index contributed by atoms with van der Waals surface area (Å²) in [5.41, 5.74) is 0. The van der Waals surface area contributed by atoms with Gasteiger partial charge in [0, 0.05) is 18.0 Å². The number of rotatable bonds is 6. The maximum Gasteiger partial charge on any atom is 0.303 e. The second-order valence-electron chi connectivity index (χ2n) is 5.19. The molecule has 1 N–H and O–H groups in total. The molecule has 0 saturated carbocycles. The molecule has 1 heterocycles. The number of piperidine rings is 1. The molecule has 1 saturated heterocycles. The second kappa shape index (κ2) is 7.50. The van der Waals surface area contributed by atoms with Gasteiger partial charge >= 0.3 is 5.97 Å². The highest BCUT2D eigenvalue weighted by atomic mass is 35.5. The summed E-state index contributed by atoms with van der Waals surface area (Å²) in [6.45, 7) is 3.41. The van der Waals surface area contributed by atoms with Crippen LogP contribution in [0.4, 0.5) is 0 Å². The summed E-state index contributed by atoms with van der Waals surface area (Å²) in [6, 6.07) is 7.39. The molecule has 1 aromatic carbocycles. The van der Waals surface area contributed by atoms with E-state index >= 15 is 0 Å². The average Bonchev–Trinajstić information content (AvgIpc) is 2.40. The highest BCUT2D eigenvalue weighted by molar-refractivity contribution is 6.30. The first-order chi connectivity index (χ1) is 9.63. The number of halogens is 1. The molecule has 0 aliphatic carbocycles. The van der Waals surface area contributed by atoms with E-state index in [2.05, 4.69) is 4.90 Å². The lowest BCUT2D eigenvalue weighted by molar-refractivity contribution is -0.138. The Morgan fingerprint density at radius 1 is 1.40 bits per heavy atom. The van der Waals surface area contributed by atoms with E-state index in [9.17, 15) is 4.79 Å². The number of nitrogens with zero attached hydrogens (tertiary/aromatic N) is 1. The quantitative estimate of drug-likeness (QED) is 0.877.